The molecule has 92 valence electrons. The van der Waals surface area contributed by atoms with Gasteiger partial charge in [0.15, 0.2) is 5.03 Å². The molecule has 2 heterocycles. The molecular weight excluding hydrogens is 260 g/mol. The average Bonchev–Trinajstić information content (AvgIpc) is 2.57. The van der Waals surface area contributed by atoms with Crippen LogP contribution >= 0.6 is 10.7 Å². The first-order valence-electron chi connectivity index (χ1n) is 5.36. The Morgan fingerprint density at radius 2 is 2.12 bits per heavy atom. The summed E-state index contributed by atoms with van der Waals surface area (Å²) < 4.78 is 24.9. The van der Waals surface area contributed by atoms with E-state index in [4.69, 9.17) is 10.7 Å². The lowest BCUT2D eigenvalue weighted by Gasteiger charge is -2.03. The van der Waals surface area contributed by atoms with E-state index in [2.05, 4.69) is 4.98 Å². The topological polar surface area (TPSA) is 51.4 Å². The van der Waals surface area contributed by atoms with Gasteiger partial charge in [-0.15, -0.1) is 0 Å². The zero-order chi connectivity index (χ0) is 12.6. The highest BCUT2D eigenvalue weighted by Crippen LogP contribution is 2.24. The van der Waals surface area contributed by atoms with Gasteiger partial charge in [-0.3, -0.25) is 4.40 Å². The third-order valence-corrected chi connectivity index (χ3v) is 3.90. The maximum atomic E-state index is 11.7. The Kier molecular flexibility index (Phi) is 3.14. The van der Waals surface area contributed by atoms with E-state index in [0.29, 0.717) is 17.8 Å². The summed E-state index contributed by atoms with van der Waals surface area (Å²) in [5.74, 6) is 0. The van der Waals surface area contributed by atoms with Crippen molar-refractivity contribution in [3.63, 3.8) is 0 Å². The lowest BCUT2D eigenvalue weighted by atomic mass is 10.3. The smallest absolute Gasteiger partial charge is 0.279 e. The summed E-state index contributed by atoms with van der Waals surface area (Å²) in [6.07, 6.45) is 1.42. The van der Waals surface area contributed by atoms with Crippen molar-refractivity contribution in [2.24, 2.45) is 0 Å². The molecule has 0 atom stereocenters. The van der Waals surface area contributed by atoms with Crippen LogP contribution in [-0.4, -0.2) is 17.8 Å². The number of hydrogen-bond donors (Lipinski definition) is 0. The zero-order valence-electron chi connectivity index (χ0n) is 9.64. The first kappa shape index (κ1) is 12.4. The second-order valence-corrected chi connectivity index (χ2v) is 6.39. The quantitative estimate of drug-likeness (QED) is 0.807. The van der Waals surface area contributed by atoms with Crippen LogP contribution in [-0.2, 0) is 15.5 Å². The van der Waals surface area contributed by atoms with Crippen molar-refractivity contribution < 1.29 is 8.42 Å². The van der Waals surface area contributed by atoms with Gasteiger partial charge in [0.25, 0.3) is 9.05 Å². The van der Waals surface area contributed by atoms with Gasteiger partial charge in [0.2, 0.25) is 0 Å². The Morgan fingerprint density at radius 1 is 1.41 bits per heavy atom. The molecule has 4 nitrogen and oxygen atoms in total. The van der Waals surface area contributed by atoms with Crippen molar-refractivity contribution in [3.05, 3.63) is 29.6 Å². The Bertz CT molecular complexity index is 661. The Labute approximate surface area is 105 Å². The molecule has 2 aromatic heterocycles. The predicted octanol–water partition coefficient (Wildman–Crippen LogP) is 2.52. The molecule has 0 amide bonds. The number of nitrogens with zero attached hydrogens (tertiary/aromatic N) is 2. The molecule has 0 bridgehead atoms. The molecule has 0 aromatic carbocycles. The van der Waals surface area contributed by atoms with Crippen LogP contribution in [0.1, 0.15) is 24.7 Å². The van der Waals surface area contributed by atoms with Crippen LogP contribution < -0.4 is 0 Å². The number of imidazole rings is 1. The number of pyridine rings is 1. The predicted molar refractivity (Wildman–Crippen MR) is 67.0 cm³/mol. The van der Waals surface area contributed by atoms with E-state index in [1.165, 1.54) is 0 Å². The summed E-state index contributed by atoms with van der Waals surface area (Å²) in [7, 11) is 1.71. The van der Waals surface area contributed by atoms with Gasteiger partial charge >= 0.3 is 0 Å². The van der Waals surface area contributed by atoms with Gasteiger partial charge in [0, 0.05) is 16.4 Å². The van der Waals surface area contributed by atoms with Gasteiger partial charge in [0.1, 0.15) is 5.65 Å². The highest BCUT2D eigenvalue weighted by molar-refractivity contribution is 8.13. The van der Waals surface area contributed by atoms with Crippen LogP contribution in [0, 0.1) is 6.92 Å². The van der Waals surface area contributed by atoms with E-state index in [0.717, 1.165) is 12.1 Å². The maximum Gasteiger partial charge on any atom is 0.279 e. The van der Waals surface area contributed by atoms with Gasteiger partial charge in [-0.05, 0) is 25.5 Å². The summed E-state index contributed by atoms with van der Waals surface area (Å²) in [5, 5.41) is 0.106. The Hall–Kier alpha value is -1.07. The van der Waals surface area contributed by atoms with E-state index >= 15 is 0 Å². The van der Waals surface area contributed by atoms with Crippen LogP contribution in [0.3, 0.4) is 0 Å². The van der Waals surface area contributed by atoms with Crippen LogP contribution in [0.25, 0.3) is 5.65 Å². The summed E-state index contributed by atoms with van der Waals surface area (Å²) in [5.41, 5.74) is 1.96. The zero-order valence-corrected chi connectivity index (χ0v) is 11.2. The van der Waals surface area contributed by atoms with Crippen LogP contribution in [0.5, 0.6) is 0 Å². The summed E-state index contributed by atoms with van der Waals surface area (Å²) in [4.78, 5) is 4.33. The third kappa shape index (κ3) is 2.17. The molecule has 0 unspecified atom stereocenters. The van der Waals surface area contributed by atoms with Gasteiger partial charge in [0.05, 0.1) is 5.69 Å². The summed E-state index contributed by atoms with van der Waals surface area (Å²) in [6.45, 7) is 3.80. The lowest BCUT2D eigenvalue weighted by Crippen LogP contribution is -2.03. The lowest BCUT2D eigenvalue weighted by molar-refractivity contribution is 0.602. The highest BCUT2D eigenvalue weighted by Gasteiger charge is 2.23. The van der Waals surface area contributed by atoms with Crippen molar-refractivity contribution in [2.45, 2.75) is 31.7 Å². The van der Waals surface area contributed by atoms with E-state index in [1.807, 2.05) is 26.0 Å². The van der Waals surface area contributed by atoms with Gasteiger partial charge in [-0.25, -0.2) is 13.4 Å². The monoisotopic (exact) mass is 272 g/mol. The number of hydrogen-bond acceptors (Lipinski definition) is 3. The molecule has 0 N–H and O–H groups in total. The van der Waals surface area contributed by atoms with Crippen molar-refractivity contribution in [3.8, 4) is 0 Å². The van der Waals surface area contributed by atoms with Gasteiger partial charge in [-0.2, -0.15) is 0 Å². The standard InChI is InChI=1S/C11H13ClN2O2S/c1-3-5-9-11(17(12,15)16)14-8(2)6-4-7-10(14)13-9/h4,6-7H,3,5H2,1-2H3. The molecular formula is C11H13ClN2O2S. The number of aromatic nitrogens is 2. The molecule has 2 rings (SSSR count). The molecule has 17 heavy (non-hydrogen) atoms. The van der Waals surface area contributed by atoms with E-state index in [-0.39, 0.29) is 5.03 Å². The van der Waals surface area contributed by atoms with Crippen LogP contribution in [0.2, 0.25) is 0 Å². The number of aryl methyl sites for hydroxylation is 2. The van der Waals surface area contributed by atoms with E-state index in [9.17, 15) is 8.42 Å². The average molecular weight is 273 g/mol. The van der Waals surface area contributed by atoms with Gasteiger partial charge < -0.3 is 0 Å². The molecule has 0 fully saturated rings. The normalized spacial score (nSPS) is 12.2. The molecule has 0 saturated heterocycles. The molecule has 6 heteroatoms. The third-order valence-electron chi connectivity index (χ3n) is 2.58. The van der Waals surface area contributed by atoms with Crippen LogP contribution in [0.4, 0.5) is 0 Å². The first-order valence-corrected chi connectivity index (χ1v) is 7.67. The molecule has 0 aliphatic heterocycles. The fourth-order valence-electron chi connectivity index (χ4n) is 1.92. The fourth-order valence-corrected chi connectivity index (χ4v) is 3.28. The summed E-state index contributed by atoms with van der Waals surface area (Å²) in [6, 6.07) is 5.45. The second-order valence-electron chi connectivity index (χ2n) is 3.91. The molecule has 0 radical (unpaired) electrons. The minimum Gasteiger partial charge on any atom is -0.286 e. The molecule has 2 aromatic rings. The maximum absolute atomic E-state index is 11.7. The van der Waals surface area contributed by atoms with E-state index < -0.39 is 9.05 Å². The highest BCUT2D eigenvalue weighted by atomic mass is 35.7. The second kappa shape index (κ2) is 4.31. The van der Waals surface area contributed by atoms with Crippen molar-refractivity contribution >= 4 is 25.4 Å². The Morgan fingerprint density at radius 3 is 2.71 bits per heavy atom. The minimum atomic E-state index is -3.79. The molecule has 0 aliphatic rings. The minimum absolute atomic E-state index is 0.106. The first-order chi connectivity index (χ1) is 7.95. The van der Waals surface area contributed by atoms with Gasteiger partial charge in [-0.1, -0.05) is 19.4 Å². The molecule has 0 aliphatic carbocycles. The van der Waals surface area contributed by atoms with Crippen LogP contribution in [0.15, 0.2) is 23.2 Å². The number of rotatable bonds is 3. The summed E-state index contributed by atoms with van der Waals surface area (Å²) >= 11 is 0. The fraction of sp³-hybridized carbons (Fsp3) is 0.364. The number of fused-ring (bicyclic) bond motifs is 1. The van der Waals surface area contributed by atoms with Crippen molar-refractivity contribution in [1.29, 1.82) is 0 Å². The van der Waals surface area contributed by atoms with E-state index in [1.54, 1.807) is 10.5 Å². The number of halogens is 1. The Balaban J connectivity index is 2.88. The van der Waals surface area contributed by atoms with Crippen molar-refractivity contribution in [1.82, 2.24) is 9.38 Å². The van der Waals surface area contributed by atoms with Crippen molar-refractivity contribution in [2.75, 3.05) is 0 Å². The SMILES string of the molecule is CCCc1nc2cccc(C)n2c1S(=O)(=O)Cl. The molecule has 0 saturated carbocycles. The largest absolute Gasteiger partial charge is 0.286 e. The molecule has 0 spiro atoms.